The average Bonchev–Trinajstić information content (AvgIpc) is 2.96. The largest absolute Gasteiger partial charge is 0.481 e. The van der Waals surface area contributed by atoms with Crippen molar-refractivity contribution in [2.75, 3.05) is 0 Å². The van der Waals surface area contributed by atoms with Gasteiger partial charge in [-0.25, -0.2) is 0 Å². The maximum atomic E-state index is 11.8. The third kappa shape index (κ3) is 3.08. The summed E-state index contributed by atoms with van der Waals surface area (Å²) in [7, 11) is 0. The van der Waals surface area contributed by atoms with Gasteiger partial charge in [-0.2, -0.15) is 0 Å². The molecular formula is C11H12N2O5S. The fourth-order valence-electron chi connectivity index (χ4n) is 2.15. The number of carboxylic acid groups (broad SMARTS) is 1. The molecule has 102 valence electrons. The van der Waals surface area contributed by atoms with Crippen LogP contribution in [0, 0.1) is 16.0 Å². The van der Waals surface area contributed by atoms with Gasteiger partial charge in [0.15, 0.2) is 0 Å². The Bertz CT molecular complexity index is 527. The Morgan fingerprint density at radius 2 is 2.21 bits per heavy atom. The molecule has 1 aromatic rings. The number of nitro groups is 1. The molecule has 2 rings (SSSR count). The van der Waals surface area contributed by atoms with E-state index in [0.29, 0.717) is 19.3 Å². The van der Waals surface area contributed by atoms with Crippen LogP contribution in [0.1, 0.15) is 29.6 Å². The van der Waals surface area contributed by atoms with E-state index in [1.54, 1.807) is 0 Å². The van der Waals surface area contributed by atoms with Crippen LogP contribution in [0.2, 0.25) is 0 Å². The molecule has 2 N–H and O–H groups in total. The Morgan fingerprint density at radius 1 is 1.47 bits per heavy atom. The highest BCUT2D eigenvalue weighted by Gasteiger charge is 2.31. The summed E-state index contributed by atoms with van der Waals surface area (Å²) in [5, 5.41) is 23.4. The van der Waals surface area contributed by atoms with Gasteiger partial charge in [0.1, 0.15) is 0 Å². The molecule has 1 aromatic heterocycles. The second-order valence-corrected chi connectivity index (χ2v) is 5.34. The molecule has 0 aliphatic heterocycles. The maximum Gasteiger partial charge on any atom is 0.324 e. The van der Waals surface area contributed by atoms with E-state index < -0.39 is 16.8 Å². The number of carboxylic acids is 1. The van der Waals surface area contributed by atoms with E-state index in [-0.39, 0.29) is 22.5 Å². The number of hydrogen-bond donors (Lipinski definition) is 2. The third-order valence-corrected chi connectivity index (χ3v) is 4.03. The number of carbonyl (C=O) groups is 2. The molecule has 1 amide bonds. The number of nitrogens with zero attached hydrogens (tertiary/aromatic N) is 1. The number of hydrogen-bond acceptors (Lipinski definition) is 5. The summed E-state index contributed by atoms with van der Waals surface area (Å²) < 4.78 is 0. The van der Waals surface area contributed by atoms with Gasteiger partial charge in [0.2, 0.25) is 0 Å². The van der Waals surface area contributed by atoms with Crippen LogP contribution in [0.25, 0.3) is 0 Å². The Morgan fingerprint density at radius 3 is 2.74 bits per heavy atom. The lowest BCUT2D eigenvalue weighted by molar-refractivity contribution is -0.380. The van der Waals surface area contributed by atoms with Gasteiger partial charge in [-0.15, -0.1) is 0 Å². The van der Waals surface area contributed by atoms with Crippen molar-refractivity contribution in [2.24, 2.45) is 5.92 Å². The van der Waals surface area contributed by atoms with Crippen molar-refractivity contribution in [2.45, 2.75) is 25.3 Å². The molecule has 0 bridgehead atoms. The van der Waals surface area contributed by atoms with Crippen LogP contribution >= 0.6 is 11.3 Å². The van der Waals surface area contributed by atoms with Crippen LogP contribution in [0.3, 0.4) is 0 Å². The third-order valence-electron chi connectivity index (χ3n) is 3.14. The molecule has 0 aromatic carbocycles. The molecule has 1 aliphatic carbocycles. The van der Waals surface area contributed by atoms with Crippen molar-refractivity contribution >= 4 is 28.2 Å². The first-order valence-corrected chi connectivity index (χ1v) is 6.62. The molecule has 0 saturated heterocycles. The number of nitrogens with one attached hydrogen (secondary N) is 1. The standard InChI is InChI=1S/C11H12N2O5S/c14-10(7-4-9(13(17)18)19-5-7)12-8-2-1-6(3-8)11(15)16/h4-6,8H,1-3H2,(H,12,14)(H,15,16)/t6-,8+/m1/s1. The van der Waals surface area contributed by atoms with Gasteiger partial charge in [0.25, 0.3) is 5.91 Å². The first-order valence-electron chi connectivity index (χ1n) is 5.74. The molecule has 1 heterocycles. The van der Waals surface area contributed by atoms with E-state index in [2.05, 4.69) is 5.32 Å². The van der Waals surface area contributed by atoms with Gasteiger partial charge in [0.05, 0.1) is 16.4 Å². The first kappa shape index (κ1) is 13.5. The number of carbonyl (C=O) groups excluding carboxylic acids is 1. The number of thiophene rings is 1. The van der Waals surface area contributed by atoms with Crippen LogP contribution in [-0.2, 0) is 4.79 Å². The lowest BCUT2D eigenvalue weighted by Crippen LogP contribution is -2.33. The summed E-state index contributed by atoms with van der Waals surface area (Å²) in [5.74, 6) is -1.65. The average molecular weight is 284 g/mol. The Kier molecular flexibility index (Phi) is 3.79. The van der Waals surface area contributed by atoms with E-state index >= 15 is 0 Å². The smallest absolute Gasteiger partial charge is 0.324 e. The molecule has 0 spiro atoms. The molecule has 7 nitrogen and oxygen atoms in total. The topological polar surface area (TPSA) is 110 Å². The molecule has 19 heavy (non-hydrogen) atoms. The number of aliphatic carboxylic acids is 1. The second-order valence-electron chi connectivity index (χ2n) is 4.45. The molecule has 1 saturated carbocycles. The summed E-state index contributed by atoms with van der Waals surface area (Å²) in [6, 6.07) is 1.05. The summed E-state index contributed by atoms with van der Waals surface area (Å²) in [6.45, 7) is 0. The van der Waals surface area contributed by atoms with Crippen LogP contribution in [0.5, 0.6) is 0 Å². The van der Waals surface area contributed by atoms with Crippen LogP contribution in [-0.4, -0.2) is 27.9 Å². The highest BCUT2D eigenvalue weighted by Crippen LogP contribution is 2.27. The first-order chi connectivity index (χ1) is 8.97. The molecule has 0 radical (unpaired) electrons. The second kappa shape index (κ2) is 5.35. The fourth-order valence-corrected chi connectivity index (χ4v) is 2.85. The van der Waals surface area contributed by atoms with Crippen molar-refractivity contribution in [3.63, 3.8) is 0 Å². The van der Waals surface area contributed by atoms with Gasteiger partial charge >= 0.3 is 11.0 Å². The van der Waals surface area contributed by atoms with E-state index in [0.717, 1.165) is 11.3 Å². The summed E-state index contributed by atoms with van der Waals surface area (Å²) in [4.78, 5) is 32.6. The molecular weight excluding hydrogens is 272 g/mol. The predicted octanol–water partition coefficient (Wildman–Crippen LogP) is 1.64. The van der Waals surface area contributed by atoms with Gasteiger partial charge in [0, 0.05) is 17.5 Å². The van der Waals surface area contributed by atoms with E-state index in [9.17, 15) is 19.7 Å². The minimum Gasteiger partial charge on any atom is -0.481 e. The SMILES string of the molecule is O=C(N[C@H]1CC[C@@H](C(=O)O)C1)c1csc([N+](=O)[O-])c1. The summed E-state index contributed by atoms with van der Waals surface area (Å²) >= 11 is 0.895. The van der Waals surface area contributed by atoms with Crippen molar-refractivity contribution in [3.8, 4) is 0 Å². The van der Waals surface area contributed by atoms with E-state index in [1.807, 2.05) is 0 Å². The molecule has 8 heteroatoms. The van der Waals surface area contributed by atoms with Crippen LogP contribution in [0.4, 0.5) is 5.00 Å². The quantitative estimate of drug-likeness (QED) is 0.645. The lowest BCUT2D eigenvalue weighted by Gasteiger charge is -2.11. The monoisotopic (exact) mass is 284 g/mol. The minimum absolute atomic E-state index is 0.0833. The van der Waals surface area contributed by atoms with E-state index in [4.69, 9.17) is 5.11 Å². The lowest BCUT2D eigenvalue weighted by atomic mass is 10.1. The number of amides is 1. The highest BCUT2D eigenvalue weighted by molar-refractivity contribution is 7.13. The Labute approximate surface area is 112 Å². The Hall–Kier alpha value is -1.96. The van der Waals surface area contributed by atoms with Crippen molar-refractivity contribution < 1.29 is 19.6 Å². The number of rotatable bonds is 4. The van der Waals surface area contributed by atoms with E-state index in [1.165, 1.54) is 11.4 Å². The molecule has 1 aliphatic rings. The predicted molar refractivity (Wildman–Crippen MR) is 67.2 cm³/mol. The van der Waals surface area contributed by atoms with Gasteiger partial charge in [-0.1, -0.05) is 11.3 Å². The zero-order valence-corrected chi connectivity index (χ0v) is 10.7. The summed E-state index contributed by atoms with van der Waals surface area (Å²) in [6.07, 6.45) is 1.58. The van der Waals surface area contributed by atoms with Gasteiger partial charge in [-0.05, 0) is 19.3 Å². The molecule has 2 atom stereocenters. The minimum atomic E-state index is -0.845. The van der Waals surface area contributed by atoms with Gasteiger partial charge < -0.3 is 10.4 Å². The van der Waals surface area contributed by atoms with Crippen molar-refractivity contribution in [1.29, 1.82) is 0 Å². The zero-order valence-electron chi connectivity index (χ0n) is 9.87. The highest BCUT2D eigenvalue weighted by atomic mass is 32.1. The van der Waals surface area contributed by atoms with Gasteiger partial charge in [-0.3, -0.25) is 19.7 Å². The van der Waals surface area contributed by atoms with Crippen LogP contribution < -0.4 is 5.32 Å². The van der Waals surface area contributed by atoms with Crippen LogP contribution in [0.15, 0.2) is 11.4 Å². The fraction of sp³-hybridized carbons (Fsp3) is 0.455. The maximum absolute atomic E-state index is 11.8. The van der Waals surface area contributed by atoms with Crippen molar-refractivity contribution in [3.05, 3.63) is 27.1 Å². The van der Waals surface area contributed by atoms with Crippen molar-refractivity contribution in [1.82, 2.24) is 5.32 Å². The Balaban J connectivity index is 1.94. The molecule has 1 fully saturated rings. The normalized spacial score (nSPS) is 22.1. The summed E-state index contributed by atoms with van der Waals surface area (Å²) in [5.41, 5.74) is 0.246. The zero-order chi connectivity index (χ0) is 14.0. The molecule has 0 unspecified atom stereocenters.